The van der Waals surface area contributed by atoms with E-state index in [9.17, 15) is 0 Å². The molecular weight excluding hydrogens is 284 g/mol. The second-order valence-electron chi connectivity index (χ2n) is 6.17. The fourth-order valence-corrected chi connectivity index (χ4v) is 3.12. The summed E-state index contributed by atoms with van der Waals surface area (Å²) < 4.78 is 0. The lowest BCUT2D eigenvalue weighted by Crippen LogP contribution is -2.26. The van der Waals surface area contributed by atoms with Crippen LogP contribution in [0.5, 0.6) is 0 Å². The van der Waals surface area contributed by atoms with E-state index < -0.39 is 0 Å². The minimum Gasteiger partial charge on any atom is -0.398 e. The lowest BCUT2D eigenvalue weighted by atomic mass is 9.98. The van der Waals surface area contributed by atoms with Gasteiger partial charge in [-0.15, -0.1) is 0 Å². The largest absolute Gasteiger partial charge is 0.398 e. The standard InChI is InChI=1S/C19H24N4/c1-12-5-3-4-6-14(12)19(22-2)23-17-10-9-16(21)15(11-20)18(17)13-7-8-13/h3-6,9-11,13,19-20,22-23H,7-8,21H2,1-2H3. The van der Waals surface area contributed by atoms with E-state index in [1.807, 2.05) is 19.2 Å². The summed E-state index contributed by atoms with van der Waals surface area (Å²) in [5.74, 6) is 0.520. The Morgan fingerprint density at radius 1 is 1.22 bits per heavy atom. The van der Waals surface area contributed by atoms with Crippen LogP contribution in [0.15, 0.2) is 36.4 Å². The third-order valence-corrected chi connectivity index (χ3v) is 4.54. The highest BCUT2D eigenvalue weighted by molar-refractivity contribution is 5.90. The van der Waals surface area contributed by atoms with Crippen molar-refractivity contribution in [3.05, 3.63) is 58.7 Å². The Balaban J connectivity index is 1.99. The highest BCUT2D eigenvalue weighted by Gasteiger charge is 2.30. The molecule has 1 aliphatic rings. The molecule has 0 saturated heterocycles. The fraction of sp³-hybridized carbons (Fsp3) is 0.316. The molecule has 2 aromatic rings. The number of anilines is 2. The Morgan fingerprint density at radius 3 is 2.57 bits per heavy atom. The van der Waals surface area contributed by atoms with Gasteiger partial charge in [-0.1, -0.05) is 24.3 Å². The highest BCUT2D eigenvalue weighted by atomic mass is 15.1. The van der Waals surface area contributed by atoms with Gasteiger partial charge in [0.1, 0.15) is 6.17 Å². The third-order valence-electron chi connectivity index (χ3n) is 4.54. The van der Waals surface area contributed by atoms with Gasteiger partial charge in [-0.25, -0.2) is 0 Å². The maximum atomic E-state index is 7.72. The van der Waals surface area contributed by atoms with E-state index >= 15 is 0 Å². The first kappa shape index (κ1) is 15.6. The number of nitrogens with one attached hydrogen (secondary N) is 3. The summed E-state index contributed by atoms with van der Waals surface area (Å²) in [5, 5.41) is 14.7. The van der Waals surface area contributed by atoms with E-state index in [0.717, 1.165) is 11.3 Å². The minimum atomic E-state index is 0.0240. The van der Waals surface area contributed by atoms with Crippen LogP contribution in [-0.2, 0) is 0 Å². The number of hydrogen-bond acceptors (Lipinski definition) is 4. The molecule has 120 valence electrons. The van der Waals surface area contributed by atoms with Crippen molar-refractivity contribution in [3.8, 4) is 0 Å². The van der Waals surface area contributed by atoms with Crippen LogP contribution in [0, 0.1) is 12.3 Å². The van der Waals surface area contributed by atoms with Crippen LogP contribution in [0.2, 0.25) is 0 Å². The van der Waals surface area contributed by atoms with Gasteiger partial charge in [0.15, 0.2) is 0 Å². The van der Waals surface area contributed by atoms with E-state index in [2.05, 4.69) is 41.8 Å². The van der Waals surface area contributed by atoms with Crippen molar-refractivity contribution in [2.45, 2.75) is 31.8 Å². The molecule has 1 unspecified atom stereocenters. The molecule has 0 radical (unpaired) electrons. The predicted octanol–water partition coefficient (Wildman–Crippen LogP) is 3.78. The second kappa shape index (κ2) is 6.42. The van der Waals surface area contributed by atoms with Crippen LogP contribution < -0.4 is 16.4 Å². The number of hydrogen-bond donors (Lipinski definition) is 4. The van der Waals surface area contributed by atoms with Crippen molar-refractivity contribution in [2.24, 2.45) is 0 Å². The smallest absolute Gasteiger partial charge is 0.103 e. The summed E-state index contributed by atoms with van der Waals surface area (Å²) >= 11 is 0. The SMILES string of the molecule is CNC(Nc1ccc(N)c(C=N)c1C1CC1)c1ccccc1C. The molecule has 0 aliphatic heterocycles. The zero-order chi connectivity index (χ0) is 16.4. The molecule has 1 aliphatic carbocycles. The molecule has 4 heteroatoms. The molecule has 3 rings (SSSR count). The maximum Gasteiger partial charge on any atom is 0.103 e. The molecule has 0 amide bonds. The summed E-state index contributed by atoms with van der Waals surface area (Å²) in [4.78, 5) is 0. The number of rotatable bonds is 6. The van der Waals surface area contributed by atoms with E-state index in [0.29, 0.717) is 11.6 Å². The molecule has 0 aromatic heterocycles. The van der Waals surface area contributed by atoms with Gasteiger partial charge >= 0.3 is 0 Å². The van der Waals surface area contributed by atoms with Crippen molar-refractivity contribution in [2.75, 3.05) is 18.1 Å². The molecule has 1 fully saturated rings. The molecule has 1 saturated carbocycles. The molecule has 0 bridgehead atoms. The number of nitrogen functional groups attached to an aromatic ring is 1. The Bertz CT molecular complexity index is 719. The number of nitrogens with two attached hydrogens (primary N) is 1. The zero-order valence-corrected chi connectivity index (χ0v) is 13.7. The summed E-state index contributed by atoms with van der Waals surface area (Å²) in [6, 6.07) is 12.3. The molecule has 2 aromatic carbocycles. The van der Waals surface area contributed by atoms with Crippen molar-refractivity contribution in [1.82, 2.24) is 5.32 Å². The van der Waals surface area contributed by atoms with Gasteiger partial charge in [-0.05, 0) is 61.6 Å². The van der Waals surface area contributed by atoms with E-state index in [-0.39, 0.29) is 6.17 Å². The lowest BCUT2D eigenvalue weighted by molar-refractivity contribution is 0.662. The first-order valence-corrected chi connectivity index (χ1v) is 8.08. The van der Waals surface area contributed by atoms with Gasteiger partial charge in [0, 0.05) is 23.2 Å². The molecule has 5 N–H and O–H groups in total. The Kier molecular flexibility index (Phi) is 4.35. The fourth-order valence-electron chi connectivity index (χ4n) is 3.12. The van der Waals surface area contributed by atoms with Crippen LogP contribution in [0.1, 0.15) is 47.2 Å². The molecular formula is C19H24N4. The monoisotopic (exact) mass is 308 g/mol. The van der Waals surface area contributed by atoms with Gasteiger partial charge in [0.05, 0.1) is 0 Å². The van der Waals surface area contributed by atoms with Crippen molar-refractivity contribution in [1.29, 1.82) is 5.41 Å². The summed E-state index contributed by atoms with van der Waals surface area (Å²) in [7, 11) is 1.95. The van der Waals surface area contributed by atoms with Gasteiger partial charge in [0.25, 0.3) is 0 Å². The Morgan fingerprint density at radius 2 is 1.96 bits per heavy atom. The average molecular weight is 308 g/mol. The van der Waals surface area contributed by atoms with Gasteiger partial charge < -0.3 is 16.5 Å². The van der Waals surface area contributed by atoms with Crippen LogP contribution in [0.3, 0.4) is 0 Å². The summed E-state index contributed by atoms with van der Waals surface area (Å²) in [6.45, 7) is 2.12. The highest BCUT2D eigenvalue weighted by Crippen LogP contribution is 2.46. The lowest BCUT2D eigenvalue weighted by Gasteiger charge is -2.24. The summed E-state index contributed by atoms with van der Waals surface area (Å²) in [5.41, 5.74) is 12.3. The van der Waals surface area contributed by atoms with Crippen LogP contribution >= 0.6 is 0 Å². The van der Waals surface area contributed by atoms with Crippen LogP contribution in [0.4, 0.5) is 11.4 Å². The molecule has 23 heavy (non-hydrogen) atoms. The van der Waals surface area contributed by atoms with E-state index in [1.54, 1.807) is 0 Å². The van der Waals surface area contributed by atoms with Gasteiger partial charge in [-0.2, -0.15) is 0 Å². The predicted molar refractivity (Wildman–Crippen MR) is 97.3 cm³/mol. The third kappa shape index (κ3) is 3.08. The van der Waals surface area contributed by atoms with Crippen molar-refractivity contribution in [3.63, 3.8) is 0 Å². The number of aryl methyl sites for hydroxylation is 1. The molecule has 0 spiro atoms. The average Bonchev–Trinajstić information content (AvgIpc) is 3.39. The van der Waals surface area contributed by atoms with Crippen molar-refractivity contribution >= 4 is 17.6 Å². The first-order valence-electron chi connectivity index (χ1n) is 8.08. The zero-order valence-electron chi connectivity index (χ0n) is 13.7. The molecule has 4 nitrogen and oxygen atoms in total. The van der Waals surface area contributed by atoms with Crippen LogP contribution in [-0.4, -0.2) is 13.3 Å². The topological polar surface area (TPSA) is 73.9 Å². The van der Waals surface area contributed by atoms with Crippen molar-refractivity contribution < 1.29 is 0 Å². The van der Waals surface area contributed by atoms with E-state index in [1.165, 1.54) is 35.7 Å². The Labute approximate surface area is 137 Å². The first-order chi connectivity index (χ1) is 11.2. The minimum absolute atomic E-state index is 0.0240. The van der Waals surface area contributed by atoms with Gasteiger partial charge in [-0.3, -0.25) is 5.32 Å². The normalized spacial score (nSPS) is 15.2. The number of benzene rings is 2. The quantitative estimate of drug-likeness (QED) is 0.373. The van der Waals surface area contributed by atoms with E-state index in [4.69, 9.17) is 11.1 Å². The van der Waals surface area contributed by atoms with Crippen LogP contribution in [0.25, 0.3) is 0 Å². The molecule has 1 atom stereocenters. The maximum absolute atomic E-state index is 7.72. The van der Waals surface area contributed by atoms with Gasteiger partial charge in [0.2, 0.25) is 0 Å². The summed E-state index contributed by atoms with van der Waals surface area (Å²) in [6.07, 6.45) is 3.76. The second-order valence-corrected chi connectivity index (χ2v) is 6.17. The Hall–Kier alpha value is -2.33. The molecule has 0 heterocycles.